The van der Waals surface area contributed by atoms with Crippen LogP contribution in [0.1, 0.15) is 24.3 Å². The number of fused-ring (bicyclic) bond motifs is 1. The predicted octanol–water partition coefficient (Wildman–Crippen LogP) is 2.14. The maximum absolute atomic E-state index is 10.2. The summed E-state index contributed by atoms with van der Waals surface area (Å²) < 4.78 is 5.42. The summed E-state index contributed by atoms with van der Waals surface area (Å²) in [7, 11) is 0. The minimum absolute atomic E-state index is 0.247. The highest BCUT2D eigenvalue weighted by molar-refractivity contribution is 5.80. The van der Waals surface area contributed by atoms with Crippen molar-refractivity contribution in [3.8, 4) is 5.75 Å². The van der Waals surface area contributed by atoms with Gasteiger partial charge in [0.05, 0.1) is 0 Å². The van der Waals surface area contributed by atoms with Crippen LogP contribution in [0.5, 0.6) is 5.75 Å². The van der Waals surface area contributed by atoms with Crippen LogP contribution in [-0.2, 0) is 6.42 Å². The van der Waals surface area contributed by atoms with Gasteiger partial charge in [-0.25, -0.2) is 4.98 Å². The molecule has 17 heavy (non-hydrogen) atoms. The van der Waals surface area contributed by atoms with Crippen LogP contribution in [0.4, 0.5) is 0 Å². The lowest BCUT2D eigenvalue weighted by Gasteiger charge is -2.11. The fraction of sp³-hybridized carbons (Fsp3) is 0.462. The van der Waals surface area contributed by atoms with E-state index in [1.807, 2.05) is 12.1 Å². The van der Waals surface area contributed by atoms with Crippen molar-refractivity contribution < 1.29 is 9.52 Å². The fourth-order valence-corrected chi connectivity index (χ4v) is 2.49. The van der Waals surface area contributed by atoms with E-state index in [4.69, 9.17) is 4.42 Å². The number of aromatic nitrogens is 1. The van der Waals surface area contributed by atoms with Gasteiger partial charge in [-0.2, -0.15) is 0 Å². The number of rotatable bonds is 2. The first-order chi connectivity index (χ1) is 8.24. The molecule has 0 bridgehead atoms. The molecule has 90 valence electrons. The highest BCUT2D eigenvalue weighted by Crippen LogP contribution is 2.30. The lowest BCUT2D eigenvalue weighted by atomic mass is 10.0. The van der Waals surface area contributed by atoms with Crippen LogP contribution >= 0.6 is 0 Å². The van der Waals surface area contributed by atoms with Crippen molar-refractivity contribution in [3.05, 3.63) is 23.6 Å². The molecule has 1 aromatic carbocycles. The number of hydrogen-bond acceptors (Lipinski definition) is 4. The molecule has 1 atom stereocenters. The molecule has 3 rings (SSSR count). The Labute approximate surface area is 99.7 Å². The Morgan fingerprint density at radius 1 is 1.53 bits per heavy atom. The first-order valence-electron chi connectivity index (χ1n) is 6.05. The minimum Gasteiger partial charge on any atom is -0.504 e. The van der Waals surface area contributed by atoms with Crippen molar-refractivity contribution in [2.45, 2.75) is 32.2 Å². The molecule has 2 heterocycles. The van der Waals surface area contributed by atoms with Gasteiger partial charge < -0.3 is 14.8 Å². The maximum atomic E-state index is 10.2. The van der Waals surface area contributed by atoms with E-state index in [0.717, 1.165) is 24.0 Å². The number of phenolic OH excluding ortho intramolecular Hbond substituents is 1. The number of nitrogens with one attached hydrogen (secondary N) is 1. The second-order valence-corrected chi connectivity index (χ2v) is 4.65. The monoisotopic (exact) mass is 232 g/mol. The van der Waals surface area contributed by atoms with Crippen LogP contribution in [0.25, 0.3) is 11.1 Å². The molecule has 0 saturated carbocycles. The van der Waals surface area contributed by atoms with Gasteiger partial charge in [0.15, 0.2) is 17.2 Å². The van der Waals surface area contributed by atoms with Crippen molar-refractivity contribution in [2.24, 2.45) is 0 Å². The smallest absolute Gasteiger partial charge is 0.196 e. The summed E-state index contributed by atoms with van der Waals surface area (Å²) in [6.45, 7) is 2.87. The molecule has 4 nitrogen and oxygen atoms in total. The van der Waals surface area contributed by atoms with Crippen molar-refractivity contribution >= 4 is 11.1 Å². The van der Waals surface area contributed by atoms with Crippen LogP contribution in [-0.4, -0.2) is 22.7 Å². The summed E-state index contributed by atoms with van der Waals surface area (Å²) in [5.74, 6) is 0.836. The zero-order valence-corrected chi connectivity index (χ0v) is 9.86. The largest absolute Gasteiger partial charge is 0.504 e. The molecule has 1 aliphatic rings. The predicted molar refractivity (Wildman–Crippen MR) is 65.1 cm³/mol. The SMILES string of the molecule is Cc1nc2ccc(CC3CCCN3)c(O)c2o1. The highest BCUT2D eigenvalue weighted by Gasteiger charge is 2.18. The van der Waals surface area contributed by atoms with Crippen molar-refractivity contribution in [1.82, 2.24) is 10.3 Å². The molecule has 4 heteroatoms. The second-order valence-electron chi connectivity index (χ2n) is 4.65. The van der Waals surface area contributed by atoms with Gasteiger partial charge in [0, 0.05) is 13.0 Å². The quantitative estimate of drug-likeness (QED) is 0.832. The van der Waals surface area contributed by atoms with Crippen molar-refractivity contribution in [3.63, 3.8) is 0 Å². The molecule has 2 N–H and O–H groups in total. The van der Waals surface area contributed by atoms with Crippen LogP contribution in [0.2, 0.25) is 0 Å². The molecular weight excluding hydrogens is 216 g/mol. The van der Waals surface area contributed by atoms with Gasteiger partial charge in [-0.05, 0) is 37.4 Å². The molecule has 1 aliphatic heterocycles. The Bertz CT molecular complexity index is 542. The van der Waals surface area contributed by atoms with E-state index in [0.29, 0.717) is 17.5 Å². The van der Waals surface area contributed by atoms with E-state index in [9.17, 15) is 5.11 Å². The topological polar surface area (TPSA) is 58.3 Å². The Morgan fingerprint density at radius 2 is 2.41 bits per heavy atom. The first kappa shape index (κ1) is 10.6. The van der Waals surface area contributed by atoms with Gasteiger partial charge >= 0.3 is 0 Å². The van der Waals surface area contributed by atoms with Crippen LogP contribution < -0.4 is 5.32 Å². The van der Waals surface area contributed by atoms with E-state index in [1.54, 1.807) is 6.92 Å². The summed E-state index contributed by atoms with van der Waals surface area (Å²) in [5.41, 5.74) is 2.18. The molecular formula is C13H16N2O2. The number of aryl methyl sites for hydroxylation is 1. The zero-order chi connectivity index (χ0) is 11.8. The summed E-state index contributed by atoms with van der Waals surface area (Å²) >= 11 is 0. The Balaban J connectivity index is 1.95. The molecule has 1 aromatic heterocycles. The summed E-state index contributed by atoms with van der Waals surface area (Å²) in [5, 5.41) is 13.6. The van der Waals surface area contributed by atoms with Crippen LogP contribution in [0, 0.1) is 6.92 Å². The summed E-state index contributed by atoms with van der Waals surface area (Å²) in [6.07, 6.45) is 3.24. The average Bonchev–Trinajstić information content (AvgIpc) is 2.91. The minimum atomic E-state index is 0.247. The van der Waals surface area contributed by atoms with Crippen LogP contribution in [0.15, 0.2) is 16.5 Å². The molecule has 1 fully saturated rings. The first-order valence-corrected chi connectivity index (χ1v) is 6.05. The average molecular weight is 232 g/mol. The van der Waals surface area contributed by atoms with E-state index in [-0.39, 0.29) is 5.75 Å². The van der Waals surface area contributed by atoms with E-state index in [2.05, 4.69) is 10.3 Å². The van der Waals surface area contributed by atoms with Gasteiger partial charge in [0.1, 0.15) is 5.52 Å². The van der Waals surface area contributed by atoms with Gasteiger partial charge in [0.2, 0.25) is 0 Å². The van der Waals surface area contributed by atoms with E-state index < -0.39 is 0 Å². The normalized spacial score (nSPS) is 20.2. The molecule has 1 saturated heterocycles. The third-order valence-corrected chi connectivity index (χ3v) is 3.35. The van der Waals surface area contributed by atoms with Gasteiger partial charge in [0.25, 0.3) is 0 Å². The number of aromatic hydroxyl groups is 1. The summed E-state index contributed by atoms with van der Waals surface area (Å²) in [6, 6.07) is 4.33. The van der Waals surface area contributed by atoms with Crippen LogP contribution in [0.3, 0.4) is 0 Å². The Hall–Kier alpha value is -1.55. The van der Waals surface area contributed by atoms with Gasteiger partial charge in [-0.15, -0.1) is 0 Å². The Morgan fingerprint density at radius 3 is 3.18 bits per heavy atom. The standard InChI is InChI=1S/C13H16N2O2/c1-8-15-11-5-4-9(12(16)13(11)17-8)7-10-3-2-6-14-10/h4-5,10,14,16H,2-3,6-7H2,1H3. The number of nitrogens with zero attached hydrogens (tertiary/aromatic N) is 1. The number of hydrogen-bond donors (Lipinski definition) is 2. The Kier molecular flexibility index (Phi) is 2.52. The second kappa shape index (κ2) is 4.04. The van der Waals surface area contributed by atoms with Gasteiger partial charge in [-0.1, -0.05) is 6.07 Å². The lowest BCUT2D eigenvalue weighted by Crippen LogP contribution is -2.23. The molecule has 0 amide bonds. The molecule has 2 aromatic rings. The third-order valence-electron chi connectivity index (χ3n) is 3.35. The summed E-state index contributed by atoms with van der Waals surface area (Å²) in [4.78, 5) is 4.20. The lowest BCUT2D eigenvalue weighted by molar-refractivity contribution is 0.449. The third kappa shape index (κ3) is 1.89. The molecule has 0 aliphatic carbocycles. The van der Waals surface area contributed by atoms with Crippen molar-refractivity contribution in [1.29, 1.82) is 0 Å². The zero-order valence-electron chi connectivity index (χ0n) is 9.86. The number of phenols is 1. The van der Waals surface area contributed by atoms with E-state index >= 15 is 0 Å². The molecule has 0 spiro atoms. The van der Waals surface area contributed by atoms with Crippen molar-refractivity contribution in [2.75, 3.05) is 6.54 Å². The maximum Gasteiger partial charge on any atom is 0.196 e. The number of benzene rings is 1. The fourth-order valence-electron chi connectivity index (χ4n) is 2.49. The van der Waals surface area contributed by atoms with Gasteiger partial charge in [-0.3, -0.25) is 0 Å². The molecule has 1 unspecified atom stereocenters. The number of oxazole rings is 1. The molecule has 0 radical (unpaired) electrons. The highest BCUT2D eigenvalue weighted by atomic mass is 16.4. The van der Waals surface area contributed by atoms with E-state index in [1.165, 1.54) is 12.8 Å².